The van der Waals surface area contributed by atoms with Gasteiger partial charge in [-0.15, -0.1) is 6.58 Å². The summed E-state index contributed by atoms with van der Waals surface area (Å²) in [4.78, 5) is 0. The first-order valence-corrected chi connectivity index (χ1v) is 8.81. The minimum Gasteiger partial charge on any atom is -0.390 e. The molecule has 0 aromatic rings. The number of allylic oxidation sites excluding steroid dienone is 1. The Morgan fingerprint density at radius 2 is 1.60 bits per heavy atom. The first-order valence-electron chi connectivity index (χ1n) is 8.81. The fourth-order valence-electron chi connectivity index (χ4n) is 4.09. The summed E-state index contributed by atoms with van der Waals surface area (Å²) in [7, 11) is 0. The lowest BCUT2D eigenvalue weighted by molar-refractivity contribution is -0.0387. The Bertz CT molecular complexity index is 277. The Balaban J connectivity index is 1.55. The molecule has 116 valence electrons. The van der Waals surface area contributed by atoms with Crippen molar-refractivity contribution in [3.8, 4) is 0 Å². The van der Waals surface area contributed by atoms with Crippen LogP contribution in [0.25, 0.3) is 0 Å². The third-order valence-electron chi connectivity index (χ3n) is 5.13. The molecule has 2 unspecified atom stereocenters. The van der Waals surface area contributed by atoms with E-state index in [1.807, 2.05) is 6.08 Å². The second-order valence-corrected chi connectivity index (χ2v) is 7.07. The molecule has 0 amide bonds. The summed E-state index contributed by atoms with van der Waals surface area (Å²) < 4.78 is 0. The highest BCUT2D eigenvalue weighted by Crippen LogP contribution is 2.35. The van der Waals surface area contributed by atoms with Crippen molar-refractivity contribution in [3.63, 3.8) is 0 Å². The van der Waals surface area contributed by atoms with Gasteiger partial charge >= 0.3 is 0 Å². The molecule has 2 aliphatic heterocycles. The smallest absolute Gasteiger partial charge is 0.0677 e. The monoisotopic (exact) mass is 279 g/mol. The normalized spacial score (nSPS) is 33.0. The van der Waals surface area contributed by atoms with Crippen LogP contribution in [0, 0.1) is 0 Å². The van der Waals surface area contributed by atoms with E-state index in [1.165, 1.54) is 57.8 Å². The van der Waals surface area contributed by atoms with Crippen molar-refractivity contribution in [1.29, 1.82) is 0 Å². The van der Waals surface area contributed by atoms with Crippen LogP contribution in [0.15, 0.2) is 12.7 Å². The van der Waals surface area contributed by atoms with E-state index in [0.29, 0.717) is 12.1 Å². The highest BCUT2D eigenvalue weighted by atomic mass is 16.3. The number of rotatable bonds is 9. The maximum absolute atomic E-state index is 10.8. The van der Waals surface area contributed by atoms with Gasteiger partial charge in [-0.05, 0) is 44.9 Å². The lowest BCUT2D eigenvalue weighted by Crippen LogP contribution is -2.55. The molecule has 0 aromatic carbocycles. The molecule has 0 radical (unpaired) electrons. The van der Waals surface area contributed by atoms with Gasteiger partial charge in [-0.2, -0.15) is 0 Å². The summed E-state index contributed by atoms with van der Waals surface area (Å²) in [6.45, 7) is 3.76. The summed E-state index contributed by atoms with van der Waals surface area (Å²) in [5.41, 5.74) is -0.357. The number of hydrogen-bond donors (Lipinski definition) is 2. The van der Waals surface area contributed by atoms with E-state index in [9.17, 15) is 5.11 Å². The van der Waals surface area contributed by atoms with Crippen LogP contribution < -0.4 is 5.32 Å². The average Bonchev–Trinajstić information content (AvgIpc) is 2.41. The van der Waals surface area contributed by atoms with Crippen molar-refractivity contribution in [1.82, 2.24) is 5.32 Å². The van der Waals surface area contributed by atoms with E-state index in [2.05, 4.69) is 11.9 Å². The van der Waals surface area contributed by atoms with Gasteiger partial charge in [0, 0.05) is 12.1 Å². The molecule has 2 saturated heterocycles. The Hall–Kier alpha value is -0.340. The largest absolute Gasteiger partial charge is 0.390 e. The lowest BCUT2D eigenvalue weighted by atomic mass is 9.75. The summed E-state index contributed by atoms with van der Waals surface area (Å²) in [6.07, 6.45) is 17.9. The second kappa shape index (κ2) is 8.19. The van der Waals surface area contributed by atoms with Crippen LogP contribution in [0.1, 0.15) is 83.5 Å². The van der Waals surface area contributed by atoms with E-state index in [1.54, 1.807) is 0 Å². The molecule has 2 rings (SSSR count). The van der Waals surface area contributed by atoms with Gasteiger partial charge in [0.05, 0.1) is 5.60 Å². The van der Waals surface area contributed by atoms with Crippen molar-refractivity contribution in [2.75, 3.05) is 0 Å². The molecule has 0 spiro atoms. The van der Waals surface area contributed by atoms with Gasteiger partial charge in [0.15, 0.2) is 0 Å². The van der Waals surface area contributed by atoms with E-state index < -0.39 is 0 Å². The van der Waals surface area contributed by atoms with Crippen LogP contribution in [0.3, 0.4) is 0 Å². The average molecular weight is 279 g/mol. The topological polar surface area (TPSA) is 32.3 Å². The zero-order valence-electron chi connectivity index (χ0n) is 13.1. The molecule has 0 aliphatic carbocycles. The van der Waals surface area contributed by atoms with Gasteiger partial charge in [-0.25, -0.2) is 0 Å². The molecule has 2 bridgehead atoms. The van der Waals surface area contributed by atoms with Crippen molar-refractivity contribution < 1.29 is 5.11 Å². The second-order valence-electron chi connectivity index (χ2n) is 7.07. The highest BCUT2D eigenvalue weighted by Gasteiger charge is 2.39. The Morgan fingerprint density at radius 1 is 1.00 bits per heavy atom. The van der Waals surface area contributed by atoms with Gasteiger partial charge in [0.2, 0.25) is 0 Å². The van der Waals surface area contributed by atoms with E-state index in [-0.39, 0.29) is 5.60 Å². The van der Waals surface area contributed by atoms with Gasteiger partial charge in [0.1, 0.15) is 0 Å². The number of fused-ring (bicyclic) bond motifs is 2. The number of aliphatic hydroxyl groups is 1. The predicted molar refractivity (Wildman–Crippen MR) is 85.9 cm³/mol. The van der Waals surface area contributed by atoms with E-state index >= 15 is 0 Å². The van der Waals surface area contributed by atoms with Crippen LogP contribution in [0.5, 0.6) is 0 Å². The number of nitrogens with one attached hydrogen (secondary N) is 1. The van der Waals surface area contributed by atoms with Crippen molar-refractivity contribution in [2.45, 2.75) is 101 Å². The van der Waals surface area contributed by atoms with Crippen molar-refractivity contribution in [3.05, 3.63) is 12.7 Å². The minimum absolute atomic E-state index is 0.357. The van der Waals surface area contributed by atoms with Crippen LogP contribution in [-0.2, 0) is 0 Å². The summed E-state index contributed by atoms with van der Waals surface area (Å²) in [5.74, 6) is 0. The molecule has 2 aliphatic rings. The summed E-state index contributed by atoms with van der Waals surface area (Å²) >= 11 is 0. The van der Waals surface area contributed by atoms with Gasteiger partial charge in [-0.3, -0.25) is 0 Å². The fraction of sp³-hybridized carbons (Fsp3) is 0.889. The van der Waals surface area contributed by atoms with Gasteiger partial charge in [0.25, 0.3) is 0 Å². The summed E-state index contributed by atoms with van der Waals surface area (Å²) in [5, 5.41) is 14.5. The molecule has 2 fully saturated rings. The minimum atomic E-state index is -0.357. The van der Waals surface area contributed by atoms with E-state index in [4.69, 9.17) is 0 Å². The molecular weight excluding hydrogens is 246 g/mol. The van der Waals surface area contributed by atoms with Crippen LogP contribution in [0.2, 0.25) is 0 Å². The fourth-order valence-corrected chi connectivity index (χ4v) is 4.09. The molecule has 2 atom stereocenters. The Labute approximate surface area is 125 Å². The van der Waals surface area contributed by atoms with Gasteiger partial charge < -0.3 is 10.4 Å². The first kappa shape index (κ1) is 16.0. The molecular formula is C18H33NO. The first-order chi connectivity index (χ1) is 9.72. The predicted octanol–water partition coefficient (Wildman–Crippen LogP) is 4.33. The quantitative estimate of drug-likeness (QED) is 0.486. The summed E-state index contributed by atoms with van der Waals surface area (Å²) in [6, 6.07) is 1.18. The number of unbranched alkanes of at least 4 members (excludes halogenated alkanes) is 6. The van der Waals surface area contributed by atoms with Crippen LogP contribution in [-0.4, -0.2) is 22.8 Å². The lowest BCUT2D eigenvalue weighted by Gasteiger charge is -2.45. The van der Waals surface area contributed by atoms with Crippen LogP contribution >= 0.6 is 0 Å². The molecule has 2 nitrogen and oxygen atoms in total. The SMILES string of the molecule is C=CCCCCCCCCC1(O)CC2CCCC(C1)N2. The maximum Gasteiger partial charge on any atom is 0.0677 e. The maximum atomic E-state index is 10.8. The molecule has 0 saturated carbocycles. The van der Waals surface area contributed by atoms with Gasteiger partial charge in [-0.1, -0.05) is 44.6 Å². The molecule has 2 heteroatoms. The molecule has 2 N–H and O–H groups in total. The molecule has 2 heterocycles. The van der Waals surface area contributed by atoms with E-state index in [0.717, 1.165) is 25.7 Å². The third-order valence-corrected chi connectivity index (χ3v) is 5.13. The highest BCUT2D eigenvalue weighted by molar-refractivity contribution is 4.97. The molecule has 20 heavy (non-hydrogen) atoms. The standard InChI is InChI=1S/C18H33NO/c1-2-3-4-5-6-7-8-9-13-18(20)14-16-11-10-12-17(15-18)19-16/h2,16-17,19-20H,1,3-15H2. The number of hydrogen-bond acceptors (Lipinski definition) is 2. The number of piperidine rings is 2. The third kappa shape index (κ3) is 5.21. The van der Waals surface area contributed by atoms with Crippen molar-refractivity contribution >= 4 is 0 Å². The Morgan fingerprint density at radius 3 is 2.25 bits per heavy atom. The zero-order valence-corrected chi connectivity index (χ0v) is 13.1. The van der Waals surface area contributed by atoms with Crippen LogP contribution in [0.4, 0.5) is 0 Å². The molecule has 0 aromatic heterocycles. The Kier molecular flexibility index (Phi) is 6.57. The van der Waals surface area contributed by atoms with Crippen molar-refractivity contribution in [2.24, 2.45) is 0 Å². The zero-order chi connectivity index (χ0) is 14.3.